The van der Waals surface area contributed by atoms with E-state index in [-0.39, 0.29) is 5.91 Å². The van der Waals surface area contributed by atoms with Crippen molar-refractivity contribution in [2.24, 2.45) is 0 Å². The minimum atomic E-state index is -0.101. The number of thiophene rings is 1. The number of para-hydroxylation sites is 1. The normalized spacial score (nSPS) is 11.0. The smallest absolute Gasteiger partial charge is 0.257 e. The molecule has 0 fully saturated rings. The molecule has 1 N–H and O–H groups in total. The molecule has 0 bridgehead atoms. The van der Waals surface area contributed by atoms with Crippen molar-refractivity contribution in [1.29, 1.82) is 0 Å². The topological polar surface area (TPSA) is 34.0 Å². The number of halogens is 1. The third-order valence-electron chi connectivity index (χ3n) is 4.37. The molecule has 0 spiro atoms. The number of rotatable bonds is 4. The van der Waals surface area contributed by atoms with Gasteiger partial charge in [0.1, 0.15) is 0 Å². The predicted octanol–water partition coefficient (Wildman–Crippen LogP) is 6.07. The van der Waals surface area contributed by atoms with E-state index in [1.807, 2.05) is 35.2 Å². The fraction of sp³-hybridized carbons (Fsp3) is 0.0952. The van der Waals surface area contributed by atoms with Crippen molar-refractivity contribution in [2.75, 3.05) is 5.32 Å². The molecule has 26 heavy (non-hydrogen) atoms. The van der Waals surface area contributed by atoms with Crippen molar-refractivity contribution in [1.82, 2.24) is 4.57 Å². The summed E-state index contributed by atoms with van der Waals surface area (Å²) in [5.41, 5.74) is 5.07. The number of hydrogen-bond acceptors (Lipinski definition) is 2. The van der Waals surface area contributed by atoms with Crippen LogP contribution in [0.25, 0.3) is 10.9 Å². The Labute approximate surface area is 164 Å². The van der Waals surface area contributed by atoms with E-state index in [4.69, 9.17) is 0 Å². The third kappa shape index (κ3) is 3.32. The molecule has 0 atom stereocenters. The molecule has 3 nitrogen and oxygen atoms in total. The Morgan fingerprint density at radius 1 is 1.12 bits per heavy atom. The van der Waals surface area contributed by atoms with Gasteiger partial charge in [-0.25, -0.2) is 0 Å². The molecule has 4 rings (SSSR count). The first-order valence-electron chi connectivity index (χ1n) is 8.28. The third-order valence-corrected chi connectivity index (χ3v) is 6.07. The van der Waals surface area contributed by atoms with Gasteiger partial charge in [0.15, 0.2) is 0 Å². The predicted molar refractivity (Wildman–Crippen MR) is 112 cm³/mol. The van der Waals surface area contributed by atoms with Gasteiger partial charge in [-0.1, -0.05) is 48.0 Å². The van der Waals surface area contributed by atoms with Gasteiger partial charge >= 0.3 is 0 Å². The molecule has 0 saturated heterocycles. The Bertz CT molecular complexity index is 1080. The number of carbonyl (C=O) groups excluding carboxylic acids is 1. The highest BCUT2D eigenvalue weighted by Gasteiger charge is 2.15. The van der Waals surface area contributed by atoms with Crippen LogP contribution in [0.2, 0.25) is 0 Å². The second kappa shape index (κ2) is 7.09. The first-order chi connectivity index (χ1) is 12.6. The number of hydrogen-bond donors (Lipinski definition) is 1. The van der Waals surface area contributed by atoms with Crippen molar-refractivity contribution in [2.45, 2.75) is 13.5 Å². The molecular weight excluding hydrogens is 408 g/mol. The van der Waals surface area contributed by atoms with Crippen LogP contribution in [0.3, 0.4) is 0 Å². The highest BCUT2D eigenvalue weighted by atomic mass is 79.9. The largest absolute Gasteiger partial charge is 0.341 e. The van der Waals surface area contributed by atoms with Crippen LogP contribution < -0.4 is 5.32 Å². The van der Waals surface area contributed by atoms with Crippen molar-refractivity contribution in [3.63, 3.8) is 0 Å². The first kappa shape index (κ1) is 17.1. The number of nitrogens with zero attached hydrogens (tertiary/aromatic N) is 1. The molecule has 0 aliphatic heterocycles. The Balaban J connectivity index is 1.68. The maximum Gasteiger partial charge on any atom is 0.257 e. The summed E-state index contributed by atoms with van der Waals surface area (Å²) in [7, 11) is 0. The molecule has 2 aromatic heterocycles. The molecule has 0 unspecified atom stereocenters. The van der Waals surface area contributed by atoms with E-state index in [1.54, 1.807) is 0 Å². The zero-order valence-corrected chi connectivity index (χ0v) is 16.6. The van der Waals surface area contributed by atoms with E-state index >= 15 is 0 Å². The molecule has 0 aliphatic rings. The van der Waals surface area contributed by atoms with Gasteiger partial charge in [0, 0.05) is 33.4 Å². The maximum atomic E-state index is 12.6. The summed E-state index contributed by atoms with van der Waals surface area (Å²) in [5, 5.41) is 7.87. The summed E-state index contributed by atoms with van der Waals surface area (Å²) in [4.78, 5) is 12.6. The van der Waals surface area contributed by atoms with E-state index in [9.17, 15) is 4.79 Å². The highest BCUT2D eigenvalue weighted by molar-refractivity contribution is 9.10. The SMILES string of the molecule is Cc1ccc(Cn2cc(NC(=O)c3cscc3Br)c3ccccc32)cc1. The second-order valence-corrected chi connectivity index (χ2v) is 7.86. The number of amides is 1. The number of nitrogens with one attached hydrogen (secondary N) is 1. The minimum Gasteiger partial charge on any atom is -0.341 e. The molecule has 5 heteroatoms. The summed E-state index contributed by atoms with van der Waals surface area (Å²) in [6, 6.07) is 16.7. The lowest BCUT2D eigenvalue weighted by Gasteiger charge is -2.06. The Kier molecular flexibility index (Phi) is 4.66. The lowest BCUT2D eigenvalue weighted by Crippen LogP contribution is -2.11. The van der Waals surface area contributed by atoms with E-state index in [1.165, 1.54) is 22.5 Å². The lowest BCUT2D eigenvalue weighted by molar-refractivity contribution is 0.102. The Morgan fingerprint density at radius 3 is 2.62 bits per heavy atom. The molecule has 2 heterocycles. The summed E-state index contributed by atoms with van der Waals surface area (Å²) in [5.74, 6) is -0.101. The number of fused-ring (bicyclic) bond motifs is 1. The zero-order valence-electron chi connectivity index (χ0n) is 14.2. The minimum absolute atomic E-state index is 0.101. The number of aryl methyl sites for hydroxylation is 1. The average Bonchev–Trinajstić information content (AvgIpc) is 3.22. The molecule has 0 saturated carbocycles. The van der Waals surface area contributed by atoms with E-state index in [0.29, 0.717) is 5.56 Å². The van der Waals surface area contributed by atoms with E-state index in [2.05, 4.69) is 63.1 Å². The summed E-state index contributed by atoms with van der Waals surface area (Å²) >= 11 is 4.93. The van der Waals surface area contributed by atoms with Gasteiger partial charge < -0.3 is 9.88 Å². The quantitative estimate of drug-likeness (QED) is 0.423. The van der Waals surface area contributed by atoms with Crippen molar-refractivity contribution >= 4 is 49.8 Å². The first-order valence-corrected chi connectivity index (χ1v) is 10.0. The van der Waals surface area contributed by atoms with Crippen LogP contribution in [0.4, 0.5) is 5.69 Å². The fourth-order valence-corrected chi connectivity index (χ4v) is 4.45. The van der Waals surface area contributed by atoms with Gasteiger partial charge in [0.05, 0.1) is 16.8 Å². The van der Waals surface area contributed by atoms with Gasteiger partial charge in [0.25, 0.3) is 5.91 Å². The van der Waals surface area contributed by atoms with Crippen molar-refractivity contribution < 1.29 is 4.79 Å². The van der Waals surface area contributed by atoms with E-state index < -0.39 is 0 Å². The van der Waals surface area contributed by atoms with Gasteiger partial charge in [-0.2, -0.15) is 11.3 Å². The summed E-state index contributed by atoms with van der Waals surface area (Å²) in [6.07, 6.45) is 2.02. The Morgan fingerprint density at radius 2 is 1.88 bits per heavy atom. The van der Waals surface area contributed by atoms with Gasteiger partial charge in [-0.15, -0.1) is 0 Å². The van der Waals surface area contributed by atoms with Gasteiger partial charge in [-0.05, 0) is 34.5 Å². The van der Waals surface area contributed by atoms with Crippen molar-refractivity contribution in [3.05, 3.63) is 86.7 Å². The average molecular weight is 425 g/mol. The van der Waals surface area contributed by atoms with Crippen LogP contribution in [0.15, 0.2) is 70.0 Å². The van der Waals surface area contributed by atoms with Crippen LogP contribution in [-0.2, 0) is 6.54 Å². The lowest BCUT2D eigenvalue weighted by atomic mass is 10.1. The highest BCUT2D eigenvalue weighted by Crippen LogP contribution is 2.28. The summed E-state index contributed by atoms with van der Waals surface area (Å²) < 4.78 is 3.00. The maximum absolute atomic E-state index is 12.6. The van der Waals surface area contributed by atoms with Gasteiger partial charge in [-0.3, -0.25) is 4.79 Å². The van der Waals surface area contributed by atoms with Crippen LogP contribution >= 0.6 is 27.3 Å². The molecule has 4 aromatic rings. The summed E-state index contributed by atoms with van der Waals surface area (Å²) in [6.45, 7) is 2.85. The molecule has 0 aliphatic carbocycles. The molecule has 1 amide bonds. The van der Waals surface area contributed by atoms with Gasteiger partial charge in [0.2, 0.25) is 0 Å². The van der Waals surface area contributed by atoms with E-state index in [0.717, 1.165) is 27.6 Å². The molecule has 130 valence electrons. The van der Waals surface area contributed by atoms with Crippen LogP contribution in [0, 0.1) is 6.92 Å². The van der Waals surface area contributed by atoms with Crippen LogP contribution in [0.5, 0.6) is 0 Å². The molecule has 0 radical (unpaired) electrons. The number of anilines is 1. The second-order valence-electron chi connectivity index (χ2n) is 6.26. The zero-order chi connectivity index (χ0) is 18.1. The van der Waals surface area contributed by atoms with Crippen LogP contribution in [0.1, 0.15) is 21.5 Å². The standard InChI is InChI=1S/C21H17BrN2OS/c1-14-6-8-15(9-7-14)10-24-11-19(16-4-2-3-5-20(16)24)23-21(25)17-12-26-13-18(17)22/h2-9,11-13H,10H2,1H3,(H,23,25). The molecule has 2 aromatic carbocycles. The number of aromatic nitrogens is 1. The van der Waals surface area contributed by atoms with Crippen molar-refractivity contribution in [3.8, 4) is 0 Å². The fourth-order valence-electron chi connectivity index (χ4n) is 3.00. The molecular formula is C21H17BrN2OS. The number of benzene rings is 2. The Hall–Kier alpha value is -2.37. The monoisotopic (exact) mass is 424 g/mol. The van der Waals surface area contributed by atoms with Crippen LogP contribution in [-0.4, -0.2) is 10.5 Å². The number of carbonyl (C=O) groups is 1.